The van der Waals surface area contributed by atoms with Gasteiger partial charge in [-0.25, -0.2) is 0 Å². The number of nitrogens with zero attached hydrogens (tertiary/aromatic N) is 1. The molecule has 3 heteroatoms. The minimum absolute atomic E-state index is 0.165. The summed E-state index contributed by atoms with van der Waals surface area (Å²) in [6.45, 7) is 9.48. The number of piperidine rings is 1. The lowest BCUT2D eigenvalue weighted by Crippen LogP contribution is -2.51. The van der Waals surface area contributed by atoms with E-state index < -0.39 is 0 Å². The van der Waals surface area contributed by atoms with Gasteiger partial charge in [-0.05, 0) is 43.4 Å². The van der Waals surface area contributed by atoms with Crippen molar-refractivity contribution in [3.05, 3.63) is 35.9 Å². The van der Waals surface area contributed by atoms with E-state index in [4.69, 9.17) is 0 Å². The molecule has 0 radical (unpaired) electrons. The third-order valence-electron chi connectivity index (χ3n) is 4.12. The predicted octanol–water partition coefficient (Wildman–Crippen LogP) is 3.17. The first-order valence-corrected chi connectivity index (χ1v) is 8.14. The number of carbonyl (C=O) groups is 1. The largest absolute Gasteiger partial charge is 0.337 e. The maximum Gasteiger partial charge on any atom is 0.253 e. The molecule has 116 valence electrons. The Kier molecular flexibility index (Phi) is 5.80. The fourth-order valence-corrected chi connectivity index (χ4v) is 3.00. The normalized spacial score (nSPS) is 22.6. The van der Waals surface area contributed by atoms with Gasteiger partial charge in [-0.3, -0.25) is 4.79 Å². The van der Waals surface area contributed by atoms with E-state index in [0.717, 1.165) is 37.5 Å². The monoisotopic (exact) mass is 288 g/mol. The fourth-order valence-electron chi connectivity index (χ4n) is 3.00. The van der Waals surface area contributed by atoms with Crippen LogP contribution in [0.4, 0.5) is 0 Å². The van der Waals surface area contributed by atoms with E-state index >= 15 is 0 Å². The van der Waals surface area contributed by atoms with E-state index in [1.165, 1.54) is 6.42 Å². The summed E-state index contributed by atoms with van der Waals surface area (Å²) in [6, 6.07) is 10.1. The minimum atomic E-state index is 0.165. The smallest absolute Gasteiger partial charge is 0.253 e. The molecular formula is C18H28N2O. The van der Waals surface area contributed by atoms with Crippen molar-refractivity contribution in [3.8, 4) is 0 Å². The topological polar surface area (TPSA) is 32.3 Å². The molecule has 1 aromatic carbocycles. The van der Waals surface area contributed by atoms with Gasteiger partial charge in [0.25, 0.3) is 5.91 Å². The van der Waals surface area contributed by atoms with E-state index in [2.05, 4.69) is 26.1 Å². The number of nitrogens with one attached hydrogen (secondary N) is 1. The molecule has 0 saturated carbocycles. The van der Waals surface area contributed by atoms with Crippen molar-refractivity contribution in [1.82, 2.24) is 10.2 Å². The van der Waals surface area contributed by atoms with Gasteiger partial charge in [0, 0.05) is 24.7 Å². The number of benzene rings is 1. The number of amides is 1. The average molecular weight is 288 g/mol. The number of hydrogen-bond acceptors (Lipinski definition) is 2. The first kappa shape index (κ1) is 16.0. The van der Waals surface area contributed by atoms with E-state index in [9.17, 15) is 4.79 Å². The molecule has 1 fully saturated rings. The Hall–Kier alpha value is -1.35. The molecule has 0 aromatic heterocycles. The van der Waals surface area contributed by atoms with Crippen molar-refractivity contribution in [2.75, 3.05) is 19.6 Å². The molecule has 1 amide bonds. The van der Waals surface area contributed by atoms with Gasteiger partial charge < -0.3 is 10.2 Å². The van der Waals surface area contributed by atoms with Gasteiger partial charge >= 0.3 is 0 Å². The van der Waals surface area contributed by atoms with Crippen LogP contribution in [-0.2, 0) is 0 Å². The standard InChI is InChI=1S/C18H28N2O/c1-14(2)9-10-19-17-11-15(3)12-20(13-17)18(21)16-7-5-4-6-8-16/h4-8,14-15,17,19H,9-13H2,1-3H3. The third kappa shape index (κ3) is 4.85. The second-order valence-corrected chi connectivity index (χ2v) is 6.75. The minimum Gasteiger partial charge on any atom is -0.337 e. The summed E-state index contributed by atoms with van der Waals surface area (Å²) in [5.74, 6) is 1.45. The highest BCUT2D eigenvalue weighted by Gasteiger charge is 2.27. The van der Waals surface area contributed by atoms with E-state index in [0.29, 0.717) is 12.0 Å². The molecule has 1 aliphatic rings. The molecule has 2 rings (SSSR count). The number of hydrogen-bond donors (Lipinski definition) is 1. The molecule has 0 spiro atoms. The molecule has 21 heavy (non-hydrogen) atoms. The van der Waals surface area contributed by atoms with Gasteiger partial charge in [-0.2, -0.15) is 0 Å². The maximum absolute atomic E-state index is 12.6. The van der Waals surface area contributed by atoms with Crippen molar-refractivity contribution >= 4 is 5.91 Å². The van der Waals surface area contributed by atoms with Gasteiger partial charge in [0.2, 0.25) is 0 Å². The molecule has 1 heterocycles. The fraction of sp³-hybridized carbons (Fsp3) is 0.611. The second kappa shape index (κ2) is 7.60. The van der Waals surface area contributed by atoms with Crippen molar-refractivity contribution in [3.63, 3.8) is 0 Å². The SMILES string of the molecule is CC(C)CCNC1CC(C)CN(C(=O)c2ccccc2)C1. The summed E-state index contributed by atoms with van der Waals surface area (Å²) in [5, 5.41) is 3.63. The van der Waals surface area contributed by atoms with Crippen LogP contribution in [0.5, 0.6) is 0 Å². The summed E-state index contributed by atoms with van der Waals surface area (Å²) in [4.78, 5) is 14.6. The lowest BCUT2D eigenvalue weighted by molar-refractivity contribution is 0.0640. The molecule has 1 N–H and O–H groups in total. The van der Waals surface area contributed by atoms with E-state index in [-0.39, 0.29) is 5.91 Å². The van der Waals surface area contributed by atoms with Crippen LogP contribution in [0.1, 0.15) is 44.0 Å². The number of rotatable bonds is 5. The molecule has 1 aromatic rings. The van der Waals surface area contributed by atoms with Gasteiger partial charge in [0.1, 0.15) is 0 Å². The Labute approximate surface area is 128 Å². The Morgan fingerprint density at radius 2 is 2.00 bits per heavy atom. The Bertz CT molecular complexity index is 444. The highest BCUT2D eigenvalue weighted by Crippen LogP contribution is 2.19. The number of carbonyl (C=O) groups excluding carboxylic acids is 1. The van der Waals surface area contributed by atoms with Crippen molar-refractivity contribution in [2.45, 2.75) is 39.7 Å². The van der Waals surface area contributed by atoms with Gasteiger partial charge in [-0.1, -0.05) is 39.0 Å². The molecule has 1 aliphatic heterocycles. The Morgan fingerprint density at radius 1 is 1.29 bits per heavy atom. The molecule has 2 atom stereocenters. The summed E-state index contributed by atoms with van der Waals surface area (Å²) in [5.41, 5.74) is 0.799. The first-order valence-electron chi connectivity index (χ1n) is 8.14. The van der Waals surface area contributed by atoms with Crippen LogP contribution in [0, 0.1) is 11.8 Å². The van der Waals surface area contributed by atoms with Crippen LogP contribution >= 0.6 is 0 Å². The molecule has 3 nitrogen and oxygen atoms in total. The zero-order chi connectivity index (χ0) is 15.2. The zero-order valence-electron chi connectivity index (χ0n) is 13.5. The van der Waals surface area contributed by atoms with Crippen molar-refractivity contribution in [1.29, 1.82) is 0 Å². The van der Waals surface area contributed by atoms with Crippen LogP contribution < -0.4 is 5.32 Å². The summed E-state index contributed by atoms with van der Waals surface area (Å²) in [6.07, 6.45) is 2.36. The summed E-state index contributed by atoms with van der Waals surface area (Å²) in [7, 11) is 0. The maximum atomic E-state index is 12.6. The average Bonchev–Trinajstić information content (AvgIpc) is 2.46. The second-order valence-electron chi connectivity index (χ2n) is 6.75. The van der Waals surface area contributed by atoms with Crippen LogP contribution in [-0.4, -0.2) is 36.5 Å². The summed E-state index contributed by atoms with van der Waals surface area (Å²) >= 11 is 0. The molecule has 0 bridgehead atoms. The highest BCUT2D eigenvalue weighted by atomic mass is 16.2. The zero-order valence-corrected chi connectivity index (χ0v) is 13.5. The third-order valence-corrected chi connectivity index (χ3v) is 4.12. The van der Waals surface area contributed by atoms with E-state index in [1.807, 2.05) is 35.2 Å². The Morgan fingerprint density at radius 3 is 2.67 bits per heavy atom. The molecular weight excluding hydrogens is 260 g/mol. The molecule has 0 aliphatic carbocycles. The molecule has 2 unspecified atom stereocenters. The van der Waals surface area contributed by atoms with Crippen LogP contribution in [0.2, 0.25) is 0 Å². The van der Waals surface area contributed by atoms with Gasteiger partial charge in [-0.15, -0.1) is 0 Å². The van der Waals surface area contributed by atoms with Crippen molar-refractivity contribution < 1.29 is 4.79 Å². The quantitative estimate of drug-likeness (QED) is 0.902. The van der Waals surface area contributed by atoms with Crippen LogP contribution in [0.25, 0.3) is 0 Å². The highest BCUT2D eigenvalue weighted by molar-refractivity contribution is 5.94. The van der Waals surface area contributed by atoms with Crippen LogP contribution in [0.3, 0.4) is 0 Å². The summed E-state index contributed by atoms with van der Waals surface area (Å²) < 4.78 is 0. The Balaban J connectivity index is 1.92. The first-order chi connectivity index (χ1) is 10.1. The predicted molar refractivity (Wildman–Crippen MR) is 87.4 cm³/mol. The van der Waals surface area contributed by atoms with E-state index in [1.54, 1.807) is 0 Å². The lowest BCUT2D eigenvalue weighted by Gasteiger charge is -2.37. The lowest BCUT2D eigenvalue weighted by atomic mass is 9.95. The van der Waals surface area contributed by atoms with Gasteiger partial charge in [0.15, 0.2) is 0 Å². The van der Waals surface area contributed by atoms with Gasteiger partial charge in [0.05, 0.1) is 0 Å². The molecule has 1 saturated heterocycles. The van der Waals surface area contributed by atoms with Crippen molar-refractivity contribution in [2.24, 2.45) is 11.8 Å². The van der Waals surface area contributed by atoms with Crippen LogP contribution in [0.15, 0.2) is 30.3 Å². The number of likely N-dealkylation sites (tertiary alicyclic amines) is 1.